The Labute approximate surface area is 405 Å². The molecular weight excluding hydrogens is 813 g/mol. The van der Waals surface area contributed by atoms with Crippen molar-refractivity contribution in [2.24, 2.45) is 0 Å². The molecule has 0 heterocycles. The molecule has 1 atom stereocenters. The fraction of sp³-hybridized carbons (Fsp3) is 0.541. The van der Waals surface area contributed by atoms with Crippen molar-refractivity contribution in [2.45, 2.75) is 200 Å². The SMILES string of the molecule is CC/C=C\C/C=C\C/C=C\C/C=C\C/C=C\C/C=C\C/C=C\CCCC(=O)OC(CO)COC(=O)CCCCCCCCCCCC/C=C\C/C=C\C/C=C\C/C=C\C/C=C\C/C=C\CC. The van der Waals surface area contributed by atoms with E-state index in [-0.39, 0.29) is 31.6 Å². The maximum absolute atomic E-state index is 12.2. The standard InChI is InChI=1S/C61H94O5/c1-3-5-7-9-11-13-15-17-19-21-23-25-27-28-29-30-31-32-34-35-37-39-41-43-45-47-49-51-53-55-60(63)65-58-59(57-62)66-61(64)56-54-52-50-48-46-44-42-40-38-36-33-26-24-22-20-18-16-14-12-10-8-6-4-2/h5-8,11-14,17-20,23-26,28-29,31-32,36,38,42,44,48,50,59,62H,3-4,9-10,15-16,21-22,27,30,33-35,37,39-41,43,45-47,49,51-58H2,1-2H3/b7-5-,8-6-,13-11-,14-12-,19-17-,20-18-,25-23-,26-24-,29-28-,32-31-,38-36-,44-42-,50-48-. The van der Waals surface area contributed by atoms with Gasteiger partial charge in [0.2, 0.25) is 0 Å². The molecule has 0 aromatic heterocycles. The van der Waals surface area contributed by atoms with Gasteiger partial charge in [0.25, 0.3) is 0 Å². The predicted octanol–water partition coefficient (Wildman–Crippen LogP) is 17.6. The van der Waals surface area contributed by atoms with Gasteiger partial charge in [-0.3, -0.25) is 9.59 Å². The van der Waals surface area contributed by atoms with Gasteiger partial charge in [0.15, 0.2) is 6.10 Å². The molecule has 0 aliphatic heterocycles. The summed E-state index contributed by atoms with van der Waals surface area (Å²) in [6, 6.07) is 0. The lowest BCUT2D eigenvalue weighted by atomic mass is 10.1. The van der Waals surface area contributed by atoms with Gasteiger partial charge >= 0.3 is 11.9 Å². The fourth-order valence-corrected chi connectivity index (χ4v) is 6.49. The third-order valence-electron chi connectivity index (χ3n) is 10.3. The van der Waals surface area contributed by atoms with E-state index in [1.807, 2.05) is 0 Å². The molecule has 1 N–H and O–H groups in total. The predicted molar refractivity (Wildman–Crippen MR) is 287 cm³/mol. The van der Waals surface area contributed by atoms with Crippen molar-refractivity contribution >= 4 is 11.9 Å². The minimum atomic E-state index is -0.818. The summed E-state index contributed by atoms with van der Waals surface area (Å²) < 4.78 is 10.6. The molecule has 0 aliphatic carbocycles. The highest BCUT2D eigenvalue weighted by Gasteiger charge is 2.16. The van der Waals surface area contributed by atoms with Gasteiger partial charge in [0, 0.05) is 12.8 Å². The number of esters is 2. The second kappa shape index (κ2) is 54.9. The molecular formula is C61H94O5. The van der Waals surface area contributed by atoms with Crippen LogP contribution in [-0.4, -0.2) is 36.4 Å². The van der Waals surface area contributed by atoms with E-state index < -0.39 is 6.10 Å². The molecule has 0 radical (unpaired) electrons. The van der Waals surface area contributed by atoms with E-state index in [0.29, 0.717) is 12.8 Å². The van der Waals surface area contributed by atoms with Gasteiger partial charge in [0.05, 0.1) is 6.61 Å². The number of aliphatic hydroxyl groups excluding tert-OH is 1. The zero-order valence-electron chi connectivity index (χ0n) is 41.9. The largest absolute Gasteiger partial charge is 0.462 e. The third kappa shape index (κ3) is 52.1. The maximum atomic E-state index is 12.2. The summed E-state index contributed by atoms with van der Waals surface area (Å²) >= 11 is 0. The van der Waals surface area contributed by atoms with Gasteiger partial charge in [0.1, 0.15) is 6.61 Å². The van der Waals surface area contributed by atoms with Gasteiger partial charge in [-0.25, -0.2) is 0 Å². The lowest BCUT2D eigenvalue weighted by Gasteiger charge is -2.15. The molecule has 0 aromatic carbocycles. The molecule has 1 unspecified atom stereocenters. The van der Waals surface area contributed by atoms with E-state index in [4.69, 9.17) is 9.47 Å². The van der Waals surface area contributed by atoms with Crippen molar-refractivity contribution in [3.05, 3.63) is 158 Å². The van der Waals surface area contributed by atoms with E-state index in [2.05, 4.69) is 172 Å². The van der Waals surface area contributed by atoms with Crippen molar-refractivity contribution in [1.82, 2.24) is 0 Å². The average Bonchev–Trinajstić information content (AvgIpc) is 3.32. The molecule has 0 fully saturated rings. The van der Waals surface area contributed by atoms with Crippen LogP contribution in [0.4, 0.5) is 0 Å². The van der Waals surface area contributed by atoms with Crippen molar-refractivity contribution in [1.29, 1.82) is 0 Å². The third-order valence-corrected chi connectivity index (χ3v) is 10.3. The summed E-state index contributed by atoms with van der Waals surface area (Å²) in [6.45, 7) is 3.85. The minimum Gasteiger partial charge on any atom is -0.462 e. The second-order valence-electron chi connectivity index (χ2n) is 16.5. The van der Waals surface area contributed by atoms with Crippen molar-refractivity contribution in [3.63, 3.8) is 0 Å². The Hall–Kier alpha value is -4.48. The number of rotatable bonds is 45. The molecule has 0 bridgehead atoms. The first kappa shape index (κ1) is 61.5. The summed E-state index contributed by atoms with van der Waals surface area (Å²) in [5.74, 6) is -0.679. The van der Waals surface area contributed by atoms with Crippen LogP contribution in [0, 0.1) is 0 Å². The van der Waals surface area contributed by atoms with Crippen molar-refractivity contribution in [2.75, 3.05) is 13.2 Å². The highest BCUT2D eigenvalue weighted by Crippen LogP contribution is 2.13. The van der Waals surface area contributed by atoms with Crippen LogP contribution < -0.4 is 0 Å². The lowest BCUT2D eigenvalue weighted by Crippen LogP contribution is -2.28. The molecule has 0 rings (SSSR count). The van der Waals surface area contributed by atoms with Crippen LogP contribution in [0.1, 0.15) is 194 Å². The fourth-order valence-electron chi connectivity index (χ4n) is 6.49. The molecule has 0 saturated heterocycles. The lowest BCUT2D eigenvalue weighted by molar-refractivity contribution is -0.161. The smallest absolute Gasteiger partial charge is 0.306 e. The number of unbranched alkanes of at least 4 members (excludes halogenated alkanes) is 11. The van der Waals surface area contributed by atoms with Crippen LogP contribution >= 0.6 is 0 Å². The molecule has 0 saturated carbocycles. The van der Waals surface area contributed by atoms with Gasteiger partial charge < -0.3 is 14.6 Å². The first-order valence-corrected chi connectivity index (χ1v) is 26.0. The molecule has 0 aliphatic rings. The summed E-state index contributed by atoms with van der Waals surface area (Å²) in [4.78, 5) is 24.5. The van der Waals surface area contributed by atoms with Gasteiger partial charge in [-0.05, 0) is 116 Å². The van der Waals surface area contributed by atoms with Gasteiger partial charge in [-0.2, -0.15) is 0 Å². The van der Waals surface area contributed by atoms with Crippen LogP contribution in [0.15, 0.2) is 158 Å². The molecule has 5 nitrogen and oxygen atoms in total. The van der Waals surface area contributed by atoms with Crippen LogP contribution in [0.2, 0.25) is 0 Å². The Balaban J connectivity index is 3.67. The molecule has 5 heteroatoms. The summed E-state index contributed by atoms with van der Waals surface area (Å²) in [6.07, 6.45) is 84.8. The number of allylic oxidation sites excluding steroid dienone is 26. The highest BCUT2D eigenvalue weighted by atomic mass is 16.6. The Morgan fingerprint density at radius 3 is 0.955 bits per heavy atom. The summed E-state index contributed by atoms with van der Waals surface area (Å²) in [5, 5.41) is 9.63. The van der Waals surface area contributed by atoms with Crippen LogP contribution in [0.5, 0.6) is 0 Å². The van der Waals surface area contributed by atoms with Crippen LogP contribution in [0.3, 0.4) is 0 Å². The molecule has 0 aromatic rings. The molecule has 66 heavy (non-hydrogen) atoms. The monoisotopic (exact) mass is 907 g/mol. The topological polar surface area (TPSA) is 72.8 Å². The van der Waals surface area contributed by atoms with Gasteiger partial charge in [-0.1, -0.05) is 223 Å². The molecule has 0 amide bonds. The van der Waals surface area contributed by atoms with E-state index in [0.717, 1.165) is 109 Å². The normalized spacial score (nSPS) is 13.6. The summed E-state index contributed by atoms with van der Waals surface area (Å²) in [7, 11) is 0. The van der Waals surface area contributed by atoms with E-state index >= 15 is 0 Å². The number of hydrogen-bond donors (Lipinski definition) is 1. The minimum absolute atomic E-state index is 0.103. The molecule has 0 spiro atoms. The Kier molecular flexibility index (Phi) is 51.1. The van der Waals surface area contributed by atoms with Crippen molar-refractivity contribution in [3.8, 4) is 0 Å². The number of carbonyl (C=O) groups is 2. The number of hydrogen-bond acceptors (Lipinski definition) is 5. The Bertz CT molecular complexity index is 1490. The number of carbonyl (C=O) groups excluding carboxylic acids is 2. The Morgan fingerprint density at radius 2 is 0.621 bits per heavy atom. The van der Waals surface area contributed by atoms with Crippen LogP contribution in [-0.2, 0) is 19.1 Å². The van der Waals surface area contributed by atoms with E-state index in [1.54, 1.807) is 0 Å². The zero-order chi connectivity index (χ0) is 47.7. The number of aliphatic hydroxyl groups is 1. The first-order chi connectivity index (χ1) is 32.6. The van der Waals surface area contributed by atoms with E-state index in [1.165, 1.54) is 51.4 Å². The quantitative estimate of drug-likeness (QED) is 0.0374. The first-order valence-electron chi connectivity index (χ1n) is 26.0. The number of ether oxygens (including phenoxy) is 2. The summed E-state index contributed by atoms with van der Waals surface area (Å²) in [5.41, 5.74) is 0. The molecule has 368 valence electrons. The van der Waals surface area contributed by atoms with Gasteiger partial charge in [-0.15, -0.1) is 0 Å². The second-order valence-corrected chi connectivity index (χ2v) is 16.5. The Morgan fingerprint density at radius 1 is 0.348 bits per heavy atom. The van der Waals surface area contributed by atoms with E-state index in [9.17, 15) is 14.7 Å². The zero-order valence-corrected chi connectivity index (χ0v) is 41.9. The maximum Gasteiger partial charge on any atom is 0.306 e. The van der Waals surface area contributed by atoms with Crippen molar-refractivity contribution < 1.29 is 24.2 Å². The highest BCUT2D eigenvalue weighted by molar-refractivity contribution is 5.70. The van der Waals surface area contributed by atoms with Crippen LogP contribution in [0.25, 0.3) is 0 Å². The average molecular weight is 907 g/mol.